The van der Waals surface area contributed by atoms with Crippen molar-refractivity contribution in [1.82, 2.24) is 15.1 Å². The van der Waals surface area contributed by atoms with E-state index >= 15 is 0 Å². The molecule has 0 bridgehead atoms. The maximum Gasteiger partial charge on any atom is 0.261 e. The Bertz CT molecular complexity index is 975. The number of hydrogen-bond acceptors (Lipinski definition) is 3. The van der Waals surface area contributed by atoms with E-state index in [9.17, 15) is 4.79 Å². The standard InChI is InChI=1S/C21H24ClN3OS/c1-12-5-4-6-18(13(12)2)23-20(26)19-11-17-14(3)24-25(21(17)27-19)16-9-7-15(22)8-10-16/h7-13,18H,4-6H2,1-3H3,(H,23,26)/t12-,13+,18-/m1/s1. The molecule has 3 aromatic rings. The molecule has 1 N–H and O–H groups in total. The first kappa shape index (κ1) is 18.5. The van der Waals surface area contributed by atoms with Crippen LogP contribution in [0.3, 0.4) is 0 Å². The van der Waals surface area contributed by atoms with Crippen molar-refractivity contribution < 1.29 is 4.79 Å². The van der Waals surface area contributed by atoms with Gasteiger partial charge < -0.3 is 5.32 Å². The average Bonchev–Trinajstić information content (AvgIpc) is 3.21. The van der Waals surface area contributed by atoms with Gasteiger partial charge in [-0.1, -0.05) is 38.3 Å². The van der Waals surface area contributed by atoms with Crippen molar-refractivity contribution >= 4 is 39.1 Å². The van der Waals surface area contributed by atoms with Crippen LogP contribution in [0.15, 0.2) is 30.3 Å². The highest BCUT2D eigenvalue weighted by atomic mass is 35.5. The lowest BCUT2D eigenvalue weighted by atomic mass is 9.78. The van der Waals surface area contributed by atoms with Gasteiger partial charge in [0.15, 0.2) is 0 Å². The second kappa shape index (κ2) is 7.28. The summed E-state index contributed by atoms with van der Waals surface area (Å²) in [6.07, 6.45) is 3.51. The smallest absolute Gasteiger partial charge is 0.261 e. The fourth-order valence-electron chi connectivity index (χ4n) is 3.94. The van der Waals surface area contributed by atoms with Crippen molar-refractivity contribution in [2.24, 2.45) is 11.8 Å². The molecule has 2 heterocycles. The number of hydrogen-bond donors (Lipinski definition) is 1. The van der Waals surface area contributed by atoms with Gasteiger partial charge in [0.1, 0.15) is 4.83 Å². The molecule has 2 aromatic heterocycles. The second-order valence-corrected chi connectivity index (χ2v) is 9.12. The normalized spacial score (nSPS) is 22.9. The monoisotopic (exact) mass is 401 g/mol. The largest absolute Gasteiger partial charge is 0.348 e. The Labute approximate surface area is 168 Å². The van der Waals surface area contributed by atoms with Gasteiger partial charge in [-0.3, -0.25) is 4.79 Å². The molecule has 0 unspecified atom stereocenters. The van der Waals surface area contributed by atoms with Gasteiger partial charge in [-0.2, -0.15) is 5.10 Å². The topological polar surface area (TPSA) is 46.9 Å². The van der Waals surface area contributed by atoms with Gasteiger partial charge in [0.05, 0.1) is 16.3 Å². The van der Waals surface area contributed by atoms with E-state index < -0.39 is 0 Å². The van der Waals surface area contributed by atoms with Crippen LogP contribution in [-0.2, 0) is 0 Å². The first-order chi connectivity index (χ1) is 12.9. The SMILES string of the molecule is Cc1nn(-c2ccc(Cl)cc2)c2sc(C(=O)N[C@@H]3CCC[C@@H](C)[C@@H]3C)cc12. The summed E-state index contributed by atoms with van der Waals surface area (Å²) in [6, 6.07) is 9.83. The molecule has 4 rings (SSSR count). The van der Waals surface area contributed by atoms with E-state index in [0.717, 1.165) is 32.9 Å². The minimum atomic E-state index is 0.0317. The predicted octanol–water partition coefficient (Wildman–Crippen LogP) is 5.60. The van der Waals surface area contributed by atoms with E-state index in [2.05, 4.69) is 24.3 Å². The molecular formula is C21H24ClN3OS. The number of halogens is 1. The van der Waals surface area contributed by atoms with Crippen LogP contribution < -0.4 is 5.32 Å². The van der Waals surface area contributed by atoms with Crippen LogP contribution in [0.25, 0.3) is 15.9 Å². The molecule has 1 aromatic carbocycles. The predicted molar refractivity (Wildman–Crippen MR) is 112 cm³/mol. The zero-order chi connectivity index (χ0) is 19.1. The summed E-state index contributed by atoms with van der Waals surface area (Å²) in [5.74, 6) is 1.21. The number of aromatic nitrogens is 2. The minimum Gasteiger partial charge on any atom is -0.348 e. The van der Waals surface area contributed by atoms with Gasteiger partial charge in [-0.25, -0.2) is 4.68 Å². The Hall–Kier alpha value is -1.85. The van der Waals surface area contributed by atoms with Gasteiger partial charge in [-0.15, -0.1) is 11.3 Å². The summed E-state index contributed by atoms with van der Waals surface area (Å²) >= 11 is 7.50. The molecule has 27 heavy (non-hydrogen) atoms. The highest BCUT2D eigenvalue weighted by Gasteiger charge is 2.29. The van der Waals surface area contributed by atoms with E-state index in [1.165, 1.54) is 24.2 Å². The Morgan fingerprint density at radius 3 is 2.74 bits per heavy atom. The van der Waals surface area contributed by atoms with Crippen molar-refractivity contribution in [3.8, 4) is 5.69 Å². The molecule has 6 heteroatoms. The van der Waals surface area contributed by atoms with Crippen molar-refractivity contribution in [2.75, 3.05) is 0 Å². The lowest BCUT2D eigenvalue weighted by Crippen LogP contribution is -2.43. The Morgan fingerprint density at radius 2 is 2.00 bits per heavy atom. The van der Waals surface area contributed by atoms with Crippen molar-refractivity contribution in [3.63, 3.8) is 0 Å². The van der Waals surface area contributed by atoms with E-state index in [-0.39, 0.29) is 11.9 Å². The maximum absolute atomic E-state index is 12.9. The van der Waals surface area contributed by atoms with E-state index in [4.69, 9.17) is 11.6 Å². The van der Waals surface area contributed by atoms with Gasteiger partial charge >= 0.3 is 0 Å². The molecule has 4 nitrogen and oxygen atoms in total. The number of rotatable bonds is 3. The third-order valence-electron chi connectivity index (χ3n) is 5.86. The zero-order valence-electron chi connectivity index (χ0n) is 15.8. The van der Waals surface area contributed by atoms with Gasteiger partial charge in [0.25, 0.3) is 5.91 Å². The number of nitrogens with one attached hydrogen (secondary N) is 1. The third-order valence-corrected chi connectivity index (χ3v) is 7.22. The molecule has 1 fully saturated rings. The molecule has 1 aliphatic rings. The van der Waals surface area contributed by atoms with Crippen molar-refractivity contribution in [3.05, 3.63) is 45.9 Å². The minimum absolute atomic E-state index is 0.0317. The van der Waals surface area contributed by atoms with E-state index in [1.54, 1.807) is 0 Å². The lowest BCUT2D eigenvalue weighted by Gasteiger charge is -2.34. The number of aryl methyl sites for hydroxylation is 1. The number of carbonyl (C=O) groups excluding carboxylic acids is 1. The van der Waals surface area contributed by atoms with Crippen LogP contribution in [0.1, 0.15) is 48.5 Å². The van der Waals surface area contributed by atoms with E-state index in [0.29, 0.717) is 16.9 Å². The van der Waals surface area contributed by atoms with Crippen LogP contribution in [0.4, 0.5) is 0 Å². The molecule has 142 valence electrons. The molecule has 0 saturated heterocycles. The molecule has 1 amide bonds. The lowest BCUT2D eigenvalue weighted by molar-refractivity contribution is 0.0895. The summed E-state index contributed by atoms with van der Waals surface area (Å²) in [5, 5.41) is 9.64. The number of carbonyl (C=O) groups is 1. The number of nitrogens with zero attached hydrogens (tertiary/aromatic N) is 2. The van der Waals surface area contributed by atoms with Crippen LogP contribution >= 0.6 is 22.9 Å². The summed E-state index contributed by atoms with van der Waals surface area (Å²) in [5.41, 5.74) is 1.87. The van der Waals surface area contributed by atoms with Crippen LogP contribution in [0, 0.1) is 18.8 Å². The number of benzene rings is 1. The highest BCUT2D eigenvalue weighted by Crippen LogP contribution is 2.32. The Morgan fingerprint density at radius 1 is 1.26 bits per heavy atom. The maximum atomic E-state index is 12.9. The summed E-state index contributed by atoms with van der Waals surface area (Å²) in [7, 11) is 0. The molecule has 0 radical (unpaired) electrons. The molecule has 1 aliphatic carbocycles. The van der Waals surface area contributed by atoms with Crippen LogP contribution in [0.5, 0.6) is 0 Å². The number of fused-ring (bicyclic) bond motifs is 1. The van der Waals surface area contributed by atoms with Crippen LogP contribution in [0.2, 0.25) is 5.02 Å². The van der Waals surface area contributed by atoms with Crippen LogP contribution in [-0.4, -0.2) is 21.7 Å². The first-order valence-electron chi connectivity index (χ1n) is 9.50. The molecule has 3 atom stereocenters. The van der Waals surface area contributed by atoms with Gasteiger partial charge in [-0.05, 0) is 55.5 Å². The summed E-state index contributed by atoms with van der Waals surface area (Å²) < 4.78 is 1.90. The zero-order valence-corrected chi connectivity index (χ0v) is 17.4. The average molecular weight is 402 g/mol. The Balaban J connectivity index is 1.62. The number of thiophene rings is 1. The van der Waals surface area contributed by atoms with Crippen molar-refractivity contribution in [1.29, 1.82) is 0 Å². The molecule has 1 saturated carbocycles. The quantitative estimate of drug-likeness (QED) is 0.620. The van der Waals surface area contributed by atoms with Gasteiger partial charge in [0.2, 0.25) is 0 Å². The highest BCUT2D eigenvalue weighted by molar-refractivity contribution is 7.20. The van der Waals surface area contributed by atoms with Gasteiger partial charge in [0, 0.05) is 16.5 Å². The first-order valence-corrected chi connectivity index (χ1v) is 10.7. The fraction of sp³-hybridized carbons (Fsp3) is 0.429. The van der Waals surface area contributed by atoms with E-state index in [1.807, 2.05) is 41.9 Å². The Kier molecular flexibility index (Phi) is 4.99. The van der Waals surface area contributed by atoms with Crippen molar-refractivity contribution in [2.45, 2.75) is 46.1 Å². The second-order valence-electron chi connectivity index (χ2n) is 7.65. The molecule has 0 spiro atoms. The summed E-state index contributed by atoms with van der Waals surface area (Å²) in [4.78, 5) is 14.6. The molecular weight excluding hydrogens is 378 g/mol. The number of amides is 1. The summed E-state index contributed by atoms with van der Waals surface area (Å²) in [6.45, 7) is 6.52. The molecule has 0 aliphatic heterocycles. The fourth-order valence-corrected chi connectivity index (χ4v) is 5.15. The third kappa shape index (κ3) is 3.50.